The Bertz CT molecular complexity index is 419. The molecule has 1 spiro atoms. The molecule has 0 aliphatic carbocycles. The summed E-state index contributed by atoms with van der Waals surface area (Å²) in [5.74, 6) is 1.40. The van der Waals surface area contributed by atoms with E-state index >= 15 is 0 Å². The lowest BCUT2D eigenvalue weighted by Crippen LogP contribution is -2.64. The van der Waals surface area contributed by atoms with Gasteiger partial charge < -0.3 is 5.32 Å². The van der Waals surface area contributed by atoms with Crippen molar-refractivity contribution >= 4 is 0 Å². The molecule has 4 fully saturated rings. The fourth-order valence-corrected chi connectivity index (χ4v) is 4.54. The van der Waals surface area contributed by atoms with Crippen molar-refractivity contribution in [3.63, 3.8) is 0 Å². The highest BCUT2D eigenvalue weighted by atomic mass is 15.3. The van der Waals surface area contributed by atoms with Gasteiger partial charge in [-0.1, -0.05) is 0 Å². The Morgan fingerprint density at radius 1 is 1.33 bits per heavy atom. The van der Waals surface area contributed by atoms with Crippen LogP contribution >= 0.6 is 0 Å². The van der Waals surface area contributed by atoms with Crippen LogP contribution in [0, 0.1) is 5.92 Å². The second-order valence-electron chi connectivity index (χ2n) is 5.98. The third-order valence-corrected chi connectivity index (χ3v) is 5.30. The standard InChI is InChI=1S/C14H20N4/c1-2-12(17-16-6-1)13-11-3-8-18(9-4-11)14(13)5-7-15-10-14/h1-2,6,11,13,15H,3-5,7-10H2/t13?,14-/m0/s1. The van der Waals surface area contributed by atoms with Crippen LogP contribution in [-0.4, -0.2) is 46.8 Å². The molecule has 1 aromatic heterocycles. The van der Waals surface area contributed by atoms with Gasteiger partial charge in [-0.3, -0.25) is 4.90 Å². The Labute approximate surface area is 108 Å². The van der Waals surface area contributed by atoms with E-state index in [4.69, 9.17) is 0 Å². The zero-order valence-corrected chi connectivity index (χ0v) is 10.7. The molecule has 1 aromatic rings. The molecule has 4 nitrogen and oxygen atoms in total. The first-order valence-corrected chi connectivity index (χ1v) is 7.13. The molecule has 18 heavy (non-hydrogen) atoms. The molecule has 5 rings (SSSR count). The van der Waals surface area contributed by atoms with Crippen molar-refractivity contribution in [3.05, 3.63) is 24.0 Å². The smallest absolute Gasteiger partial charge is 0.0683 e. The molecule has 5 heterocycles. The number of fused-ring (bicyclic) bond motifs is 2. The number of nitrogens with zero attached hydrogens (tertiary/aromatic N) is 3. The van der Waals surface area contributed by atoms with Crippen molar-refractivity contribution in [3.8, 4) is 0 Å². The predicted molar refractivity (Wildman–Crippen MR) is 69.3 cm³/mol. The van der Waals surface area contributed by atoms with E-state index in [9.17, 15) is 0 Å². The summed E-state index contributed by atoms with van der Waals surface area (Å²) in [5.41, 5.74) is 1.55. The second-order valence-corrected chi connectivity index (χ2v) is 5.98. The largest absolute Gasteiger partial charge is 0.315 e. The van der Waals surface area contributed by atoms with Gasteiger partial charge in [0.25, 0.3) is 0 Å². The maximum Gasteiger partial charge on any atom is 0.0683 e. The van der Waals surface area contributed by atoms with Crippen molar-refractivity contribution in [1.29, 1.82) is 0 Å². The van der Waals surface area contributed by atoms with Crippen molar-refractivity contribution in [2.75, 3.05) is 26.2 Å². The zero-order chi connectivity index (χ0) is 12.0. The van der Waals surface area contributed by atoms with E-state index in [1.54, 1.807) is 6.20 Å². The first-order valence-electron chi connectivity index (χ1n) is 7.13. The molecule has 1 unspecified atom stereocenters. The molecule has 0 aromatic carbocycles. The Balaban J connectivity index is 1.79. The van der Waals surface area contributed by atoms with Gasteiger partial charge >= 0.3 is 0 Å². The first-order chi connectivity index (χ1) is 8.90. The number of rotatable bonds is 1. The SMILES string of the molecule is c1cnnc(C2C3CCN(CC3)[C@]23CCNC3)c1. The summed E-state index contributed by atoms with van der Waals surface area (Å²) in [6.07, 6.45) is 5.72. The summed E-state index contributed by atoms with van der Waals surface area (Å²) in [6.45, 7) is 4.84. The lowest BCUT2D eigenvalue weighted by Gasteiger charge is -2.57. The van der Waals surface area contributed by atoms with Crippen LogP contribution < -0.4 is 5.32 Å². The Morgan fingerprint density at radius 3 is 2.89 bits per heavy atom. The minimum Gasteiger partial charge on any atom is -0.315 e. The third kappa shape index (κ3) is 1.39. The fourth-order valence-electron chi connectivity index (χ4n) is 4.54. The lowest BCUT2D eigenvalue weighted by atomic mass is 9.64. The van der Waals surface area contributed by atoms with Gasteiger partial charge in [-0.2, -0.15) is 10.2 Å². The molecule has 4 aliphatic rings. The highest BCUT2D eigenvalue weighted by molar-refractivity contribution is 5.23. The number of nitrogens with one attached hydrogen (secondary N) is 1. The first kappa shape index (κ1) is 10.9. The van der Waals surface area contributed by atoms with E-state index in [1.807, 2.05) is 6.07 Å². The van der Waals surface area contributed by atoms with Gasteiger partial charge in [-0.15, -0.1) is 0 Å². The van der Waals surface area contributed by atoms with E-state index in [0.29, 0.717) is 11.5 Å². The van der Waals surface area contributed by atoms with Crippen LogP contribution in [0.3, 0.4) is 0 Å². The van der Waals surface area contributed by atoms with Crippen LogP contribution in [0.5, 0.6) is 0 Å². The van der Waals surface area contributed by atoms with Gasteiger partial charge in [-0.25, -0.2) is 0 Å². The molecule has 0 saturated carbocycles. The highest BCUT2D eigenvalue weighted by Crippen LogP contribution is 2.51. The van der Waals surface area contributed by atoms with Gasteiger partial charge in [0, 0.05) is 24.2 Å². The molecule has 0 radical (unpaired) electrons. The van der Waals surface area contributed by atoms with Crippen LogP contribution in [0.4, 0.5) is 0 Å². The molecule has 96 valence electrons. The van der Waals surface area contributed by atoms with E-state index in [0.717, 1.165) is 19.0 Å². The quantitative estimate of drug-likeness (QED) is 0.801. The van der Waals surface area contributed by atoms with Crippen molar-refractivity contribution < 1.29 is 0 Å². The topological polar surface area (TPSA) is 41.1 Å². The van der Waals surface area contributed by atoms with E-state index in [2.05, 4.69) is 26.5 Å². The molecular weight excluding hydrogens is 224 g/mol. The number of hydrogen-bond acceptors (Lipinski definition) is 4. The average molecular weight is 244 g/mol. The molecule has 4 aliphatic heterocycles. The minimum absolute atomic E-state index is 0.331. The molecule has 2 atom stereocenters. The van der Waals surface area contributed by atoms with Crippen molar-refractivity contribution in [2.24, 2.45) is 5.92 Å². The van der Waals surface area contributed by atoms with Gasteiger partial charge in [-0.05, 0) is 56.9 Å². The summed E-state index contributed by atoms with van der Waals surface area (Å²) in [5, 5.41) is 12.1. The molecular formula is C14H20N4. The molecule has 4 saturated heterocycles. The van der Waals surface area contributed by atoms with E-state index < -0.39 is 0 Å². The lowest BCUT2D eigenvalue weighted by molar-refractivity contribution is -0.0419. The van der Waals surface area contributed by atoms with Crippen LogP contribution in [0.25, 0.3) is 0 Å². The maximum absolute atomic E-state index is 4.44. The molecule has 1 N–H and O–H groups in total. The van der Waals surface area contributed by atoms with Gasteiger partial charge in [0.2, 0.25) is 0 Å². The second kappa shape index (κ2) is 4.00. The average Bonchev–Trinajstić information content (AvgIpc) is 2.90. The van der Waals surface area contributed by atoms with Crippen molar-refractivity contribution in [2.45, 2.75) is 30.7 Å². The summed E-state index contributed by atoms with van der Waals surface area (Å²) in [7, 11) is 0. The van der Waals surface area contributed by atoms with Gasteiger partial charge in [0.05, 0.1) is 5.69 Å². The minimum atomic E-state index is 0.331. The van der Waals surface area contributed by atoms with Crippen molar-refractivity contribution in [1.82, 2.24) is 20.4 Å². The van der Waals surface area contributed by atoms with Crippen LogP contribution in [0.2, 0.25) is 0 Å². The van der Waals surface area contributed by atoms with Crippen LogP contribution in [0.1, 0.15) is 30.9 Å². The maximum atomic E-state index is 4.44. The fraction of sp³-hybridized carbons (Fsp3) is 0.714. The van der Waals surface area contributed by atoms with E-state index in [-0.39, 0.29) is 0 Å². The summed E-state index contributed by atoms with van der Waals surface area (Å²) in [4.78, 5) is 2.73. The predicted octanol–water partition coefficient (Wildman–Crippen LogP) is 1.02. The Kier molecular flexibility index (Phi) is 2.42. The molecule has 0 amide bonds. The van der Waals surface area contributed by atoms with E-state index in [1.165, 1.54) is 38.0 Å². The Morgan fingerprint density at radius 2 is 2.22 bits per heavy atom. The Hall–Kier alpha value is -1.00. The summed E-state index contributed by atoms with van der Waals surface area (Å²) in [6, 6.07) is 4.22. The highest BCUT2D eigenvalue weighted by Gasteiger charge is 2.55. The van der Waals surface area contributed by atoms with Gasteiger partial charge in [0.15, 0.2) is 0 Å². The number of hydrogen-bond donors (Lipinski definition) is 1. The monoisotopic (exact) mass is 244 g/mol. The normalized spacial score (nSPS) is 42.6. The third-order valence-electron chi connectivity index (χ3n) is 5.30. The summed E-state index contributed by atoms with van der Waals surface area (Å²) < 4.78 is 0. The zero-order valence-electron chi connectivity index (χ0n) is 10.7. The van der Waals surface area contributed by atoms with Gasteiger partial charge in [0.1, 0.15) is 0 Å². The molecule has 4 heteroatoms. The number of piperidine rings is 3. The van der Waals surface area contributed by atoms with Crippen LogP contribution in [-0.2, 0) is 0 Å². The number of aromatic nitrogens is 2. The van der Waals surface area contributed by atoms with Crippen LogP contribution in [0.15, 0.2) is 18.3 Å². The summed E-state index contributed by atoms with van der Waals surface area (Å²) >= 11 is 0. The molecule has 2 bridgehead atoms.